The fraction of sp³-hybridized carbons (Fsp3) is 0.455. The first-order valence-corrected chi connectivity index (χ1v) is 9.77. The minimum Gasteiger partial charge on any atom is -0.497 e. The van der Waals surface area contributed by atoms with Crippen molar-refractivity contribution in [2.75, 3.05) is 19.0 Å². The number of aromatic nitrogens is 1. The van der Waals surface area contributed by atoms with Crippen LogP contribution in [-0.2, 0) is 4.79 Å². The molecule has 2 amide bonds. The zero-order chi connectivity index (χ0) is 20.4. The van der Waals surface area contributed by atoms with Gasteiger partial charge in [-0.15, -0.1) is 0 Å². The molecule has 1 atom stereocenters. The topological polar surface area (TPSA) is 63.6 Å². The van der Waals surface area contributed by atoms with Crippen molar-refractivity contribution in [2.45, 2.75) is 52.6 Å². The van der Waals surface area contributed by atoms with E-state index in [2.05, 4.69) is 23.7 Å². The molecule has 1 aliphatic heterocycles. The molecule has 1 fully saturated rings. The molecule has 0 bridgehead atoms. The normalized spacial score (nSPS) is 16.5. The van der Waals surface area contributed by atoms with Crippen LogP contribution in [0.15, 0.2) is 30.3 Å². The second kappa shape index (κ2) is 8.09. The average molecular weight is 383 g/mol. The first-order valence-electron chi connectivity index (χ1n) is 9.77. The number of benzene rings is 1. The SMILES string of the molecule is COc1ccc(NC(=O)C2CCCN2C(=O)c2cc(C)n(C(C)C)c2C)cc1. The van der Waals surface area contributed by atoms with Crippen LogP contribution in [0.3, 0.4) is 0 Å². The Morgan fingerprint density at radius 3 is 2.43 bits per heavy atom. The van der Waals surface area contributed by atoms with Gasteiger partial charge in [0.05, 0.1) is 12.7 Å². The van der Waals surface area contributed by atoms with Gasteiger partial charge in [0.25, 0.3) is 5.91 Å². The summed E-state index contributed by atoms with van der Waals surface area (Å²) in [5.74, 6) is 0.525. The van der Waals surface area contributed by atoms with Gasteiger partial charge in [-0.25, -0.2) is 0 Å². The lowest BCUT2D eigenvalue weighted by atomic mass is 10.1. The third-order valence-electron chi connectivity index (χ3n) is 5.41. The van der Waals surface area contributed by atoms with Gasteiger partial charge in [-0.2, -0.15) is 0 Å². The van der Waals surface area contributed by atoms with Crippen molar-refractivity contribution in [3.8, 4) is 5.75 Å². The Kier molecular flexibility index (Phi) is 5.77. The van der Waals surface area contributed by atoms with Crippen LogP contribution in [0.4, 0.5) is 5.69 Å². The first kappa shape index (κ1) is 20.0. The minimum atomic E-state index is -0.447. The van der Waals surface area contributed by atoms with Crippen molar-refractivity contribution in [3.63, 3.8) is 0 Å². The summed E-state index contributed by atoms with van der Waals surface area (Å²) in [6.07, 6.45) is 1.51. The molecule has 2 aromatic rings. The lowest BCUT2D eigenvalue weighted by Gasteiger charge is -2.24. The van der Waals surface area contributed by atoms with Crippen LogP contribution in [0.25, 0.3) is 0 Å². The van der Waals surface area contributed by atoms with E-state index in [1.54, 1.807) is 36.3 Å². The monoisotopic (exact) mass is 383 g/mol. The van der Waals surface area contributed by atoms with E-state index >= 15 is 0 Å². The highest BCUT2D eigenvalue weighted by atomic mass is 16.5. The first-order chi connectivity index (χ1) is 13.3. The molecule has 0 spiro atoms. The molecule has 1 saturated heterocycles. The zero-order valence-electron chi connectivity index (χ0n) is 17.3. The molecule has 3 rings (SSSR count). The Labute approximate surface area is 166 Å². The Morgan fingerprint density at radius 1 is 1.18 bits per heavy atom. The fourth-order valence-electron chi connectivity index (χ4n) is 4.13. The number of hydrogen-bond acceptors (Lipinski definition) is 3. The molecule has 1 unspecified atom stereocenters. The van der Waals surface area contributed by atoms with E-state index in [1.807, 2.05) is 19.9 Å². The number of rotatable bonds is 5. The van der Waals surface area contributed by atoms with Crippen molar-refractivity contribution in [2.24, 2.45) is 0 Å². The molecule has 28 heavy (non-hydrogen) atoms. The smallest absolute Gasteiger partial charge is 0.256 e. The van der Waals surface area contributed by atoms with Crippen molar-refractivity contribution in [3.05, 3.63) is 47.3 Å². The van der Waals surface area contributed by atoms with E-state index in [-0.39, 0.29) is 17.9 Å². The molecule has 0 radical (unpaired) electrons. The van der Waals surface area contributed by atoms with Gasteiger partial charge >= 0.3 is 0 Å². The Bertz CT molecular complexity index is 868. The van der Waals surface area contributed by atoms with Gasteiger partial charge in [0.2, 0.25) is 5.91 Å². The fourth-order valence-corrected chi connectivity index (χ4v) is 4.13. The van der Waals surface area contributed by atoms with E-state index in [0.29, 0.717) is 24.2 Å². The molecular formula is C22H29N3O3. The number of hydrogen-bond donors (Lipinski definition) is 1. The number of aryl methyl sites for hydroxylation is 1. The minimum absolute atomic E-state index is 0.0626. The second-order valence-electron chi connectivity index (χ2n) is 7.62. The summed E-state index contributed by atoms with van der Waals surface area (Å²) < 4.78 is 7.31. The molecule has 1 aromatic heterocycles. The highest BCUT2D eigenvalue weighted by molar-refractivity contribution is 6.02. The number of likely N-dealkylation sites (tertiary alicyclic amines) is 1. The van der Waals surface area contributed by atoms with Crippen molar-refractivity contribution in [1.82, 2.24) is 9.47 Å². The van der Waals surface area contributed by atoms with Gasteiger partial charge in [-0.05, 0) is 70.9 Å². The number of ether oxygens (including phenoxy) is 1. The average Bonchev–Trinajstić information content (AvgIpc) is 3.26. The van der Waals surface area contributed by atoms with Crippen molar-refractivity contribution in [1.29, 1.82) is 0 Å². The van der Waals surface area contributed by atoms with Crippen LogP contribution in [0.2, 0.25) is 0 Å². The highest BCUT2D eigenvalue weighted by Gasteiger charge is 2.35. The van der Waals surface area contributed by atoms with Crippen LogP contribution >= 0.6 is 0 Å². The predicted octanol–water partition coefficient (Wildman–Crippen LogP) is 3.94. The van der Waals surface area contributed by atoms with Gasteiger partial charge in [0, 0.05) is 29.7 Å². The molecule has 2 heterocycles. The molecule has 1 aliphatic rings. The summed E-state index contributed by atoms with van der Waals surface area (Å²) in [7, 11) is 1.60. The number of methoxy groups -OCH3 is 1. The molecule has 1 N–H and O–H groups in total. The summed E-state index contributed by atoms with van der Waals surface area (Å²) in [6.45, 7) is 8.81. The van der Waals surface area contributed by atoms with Gasteiger partial charge < -0.3 is 19.5 Å². The van der Waals surface area contributed by atoms with Crippen molar-refractivity contribution < 1.29 is 14.3 Å². The number of carbonyl (C=O) groups is 2. The van der Waals surface area contributed by atoms with Gasteiger partial charge in [0.1, 0.15) is 11.8 Å². The number of nitrogens with one attached hydrogen (secondary N) is 1. The van der Waals surface area contributed by atoms with Gasteiger partial charge in [-0.3, -0.25) is 9.59 Å². The predicted molar refractivity (Wildman–Crippen MR) is 110 cm³/mol. The quantitative estimate of drug-likeness (QED) is 0.851. The molecular weight excluding hydrogens is 354 g/mol. The summed E-state index contributed by atoms with van der Waals surface area (Å²) in [5, 5.41) is 2.93. The lowest BCUT2D eigenvalue weighted by molar-refractivity contribution is -0.119. The zero-order valence-corrected chi connectivity index (χ0v) is 17.3. The van der Waals surface area contributed by atoms with Crippen LogP contribution in [0.1, 0.15) is 54.5 Å². The summed E-state index contributed by atoms with van der Waals surface area (Å²) in [5.41, 5.74) is 3.41. The molecule has 6 heteroatoms. The maximum absolute atomic E-state index is 13.2. The van der Waals surface area contributed by atoms with Crippen LogP contribution in [0.5, 0.6) is 5.75 Å². The largest absolute Gasteiger partial charge is 0.497 e. The number of amides is 2. The second-order valence-corrected chi connectivity index (χ2v) is 7.62. The third-order valence-corrected chi connectivity index (χ3v) is 5.41. The highest BCUT2D eigenvalue weighted by Crippen LogP contribution is 2.26. The maximum Gasteiger partial charge on any atom is 0.256 e. The van der Waals surface area contributed by atoms with Crippen molar-refractivity contribution >= 4 is 17.5 Å². The Balaban J connectivity index is 1.77. The number of anilines is 1. The standard InChI is InChI=1S/C22H29N3O3/c1-14(2)25-15(3)13-19(16(25)4)22(27)24-12-6-7-20(24)21(26)23-17-8-10-18(28-5)11-9-17/h8-11,13-14,20H,6-7,12H2,1-5H3,(H,23,26). The van der Waals surface area contributed by atoms with Crippen LogP contribution in [0, 0.1) is 13.8 Å². The molecule has 1 aromatic carbocycles. The number of nitrogens with zero attached hydrogens (tertiary/aromatic N) is 2. The van der Waals surface area contributed by atoms with Crippen LogP contribution < -0.4 is 10.1 Å². The number of carbonyl (C=O) groups excluding carboxylic acids is 2. The van der Waals surface area contributed by atoms with Gasteiger partial charge in [0.15, 0.2) is 0 Å². The molecule has 0 aliphatic carbocycles. The van der Waals surface area contributed by atoms with E-state index < -0.39 is 6.04 Å². The molecule has 0 saturated carbocycles. The summed E-state index contributed by atoms with van der Waals surface area (Å²) in [6, 6.07) is 8.98. The Morgan fingerprint density at radius 2 is 1.86 bits per heavy atom. The van der Waals surface area contributed by atoms with Crippen LogP contribution in [-0.4, -0.2) is 41.0 Å². The van der Waals surface area contributed by atoms with E-state index in [4.69, 9.17) is 4.74 Å². The molecule has 150 valence electrons. The van der Waals surface area contributed by atoms with E-state index in [0.717, 1.165) is 23.6 Å². The third kappa shape index (κ3) is 3.77. The molecule has 6 nitrogen and oxygen atoms in total. The van der Waals surface area contributed by atoms with Gasteiger partial charge in [-0.1, -0.05) is 0 Å². The Hall–Kier alpha value is -2.76. The van der Waals surface area contributed by atoms with E-state index in [1.165, 1.54) is 0 Å². The maximum atomic E-state index is 13.2. The summed E-state index contributed by atoms with van der Waals surface area (Å²) in [4.78, 5) is 27.8. The summed E-state index contributed by atoms with van der Waals surface area (Å²) >= 11 is 0. The van der Waals surface area contributed by atoms with E-state index in [9.17, 15) is 9.59 Å². The lowest BCUT2D eigenvalue weighted by Crippen LogP contribution is -2.43.